The third-order valence-electron chi connectivity index (χ3n) is 3.52. The summed E-state index contributed by atoms with van der Waals surface area (Å²) >= 11 is 0. The molecule has 0 unspecified atom stereocenters. The number of nitrogens with zero attached hydrogens (tertiary/aromatic N) is 3. The molecule has 0 saturated carbocycles. The zero-order valence-corrected chi connectivity index (χ0v) is 12.8. The summed E-state index contributed by atoms with van der Waals surface area (Å²) in [5.41, 5.74) is 0. The molecule has 4 nitrogen and oxygen atoms in total. The Morgan fingerprint density at radius 1 is 1.16 bits per heavy atom. The average Bonchev–Trinajstić information content (AvgIpc) is 2.47. The molecule has 1 heterocycles. The van der Waals surface area contributed by atoms with Crippen LogP contribution in [0.25, 0.3) is 0 Å². The molecule has 108 valence electrons. The van der Waals surface area contributed by atoms with Crippen molar-refractivity contribution in [2.45, 2.75) is 47.0 Å². The highest BCUT2D eigenvalue weighted by molar-refractivity contribution is 5.43. The van der Waals surface area contributed by atoms with Crippen molar-refractivity contribution < 1.29 is 0 Å². The van der Waals surface area contributed by atoms with E-state index in [9.17, 15) is 0 Å². The second-order valence-corrected chi connectivity index (χ2v) is 4.91. The Hall–Kier alpha value is -1.32. The lowest BCUT2D eigenvalue weighted by Gasteiger charge is -2.26. The van der Waals surface area contributed by atoms with Gasteiger partial charge in [0, 0.05) is 19.6 Å². The molecule has 19 heavy (non-hydrogen) atoms. The number of rotatable bonds is 9. The predicted molar refractivity (Wildman–Crippen MR) is 82.8 cm³/mol. The molecule has 4 heteroatoms. The van der Waals surface area contributed by atoms with Crippen molar-refractivity contribution in [3.05, 3.63) is 12.4 Å². The molecule has 0 bridgehead atoms. The first-order valence-corrected chi connectivity index (χ1v) is 7.55. The Kier molecular flexibility index (Phi) is 7.23. The summed E-state index contributed by atoms with van der Waals surface area (Å²) in [5, 5.41) is 3.29. The van der Waals surface area contributed by atoms with Gasteiger partial charge in [0.05, 0.1) is 12.4 Å². The van der Waals surface area contributed by atoms with E-state index in [1.165, 1.54) is 12.8 Å². The fourth-order valence-corrected chi connectivity index (χ4v) is 2.09. The van der Waals surface area contributed by atoms with E-state index in [1.807, 2.05) is 6.20 Å². The maximum atomic E-state index is 4.66. The number of anilines is 2. The van der Waals surface area contributed by atoms with Gasteiger partial charge in [0.25, 0.3) is 0 Å². The van der Waals surface area contributed by atoms with Gasteiger partial charge in [0.15, 0.2) is 0 Å². The maximum Gasteiger partial charge on any atom is 0.149 e. The summed E-state index contributed by atoms with van der Waals surface area (Å²) in [6.07, 6.45) is 7.19. The standard InChI is InChI=1S/C15H28N4/c1-5-9-17-14-10-16-11-15(18-14)19(8-4)12-13(6-2)7-3/h10-11,13H,5-9,12H2,1-4H3,(H,17,18). The van der Waals surface area contributed by atoms with Crippen LogP contribution in [0.3, 0.4) is 0 Å². The minimum absolute atomic E-state index is 0.731. The molecule has 0 radical (unpaired) electrons. The van der Waals surface area contributed by atoms with Crippen molar-refractivity contribution in [2.75, 3.05) is 29.9 Å². The van der Waals surface area contributed by atoms with Gasteiger partial charge in [-0.25, -0.2) is 4.98 Å². The summed E-state index contributed by atoms with van der Waals surface area (Å²) in [6, 6.07) is 0. The molecule has 0 aliphatic heterocycles. The number of hydrogen-bond acceptors (Lipinski definition) is 4. The molecule has 0 amide bonds. The monoisotopic (exact) mass is 264 g/mol. The first-order chi connectivity index (χ1) is 9.24. The molecule has 1 aromatic heterocycles. The van der Waals surface area contributed by atoms with Crippen LogP contribution < -0.4 is 10.2 Å². The number of nitrogens with one attached hydrogen (secondary N) is 1. The first-order valence-electron chi connectivity index (χ1n) is 7.55. The molecule has 0 aromatic carbocycles. The van der Waals surface area contributed by atoms with E-state index in [1.54, 1.807) is 6.20 Å². The number of aromatic nitrogens is 2. The highest BCUT2D eigenvalue weighted by atomic mass is 15.2. The first kappa shape index (κ1) is 15.7. The largest absolute Gasteiger partial charge is 0.369 e. The minimum Gasteiger partial charge on any atom is -0.369 e. The highest BCUT2D eigenvalue weighted by Crippen LogP contribution is 2.17. The molecular formula is C15H28N4. The van der Waals surface area contributed by atoms with Crippen molar-refractivity contribution >= 4 is 11.6 Å². The van der Waals surface area contributed by atoms with Crippen LogP contribution in [-0.2, 0) is 0 Å². The van der Waals surface area contributed by atoms with E-state index in [4.69, 9.17) is 0 Å². The van der Waals surface area contributed by atoms with Crippen molar-refractivity contribution in [2.24, 2.45) is 5.92 Å². The van der Waals surface area contributed by atoms with Crippen molar-refractivity contribution in [1.82, 2.24) is 9.97 Å². The SMILES string of the molecule is CCCNc1cncc(N(CC)CC(CC)CC)n1. The lowest BCUT2D eigenvalue weighted by molar-refractivity contribution is 0.484. The van der Waals surface area contributed by atoms with Gasteiger partial charge in [-0.2, -0.15) is 0 Å². The molecule has 0 aliphatic rings. The quantitative estimate of drug-likeness (QED) is 0.740. The molecule has 1 aromatic rings. The second kappa shape index (κ2) is 8.73. The summed E-state index contributed by atoms with van der Waals surface area (Å²) in [6.45, 7) is 11.8. The normalized spacial score (nSPS) is 10.8. The molecule has 0 atom stereocenters. The third-order valence-corrected chi connectivity index (χ3v) is 3.52. The van der Waals surface area contributed by atoms with E-state index in [0.29, 0.717) is 0 Å². The zero-order chi connectivity index (χ0) is 14.1. The summed E-state index contributed by atoms with van der Waals surface area (Å²) in [7, 11) is 0. The van der Waals surface area contributed by atoms with Crippen LogP contribution in [0.4, 0.5) is 11.6 Å². The summed E-state index contributed by atoms with van der Waals surface area (Å²) < 4.78 is 0. The van der Waals surface area contributed by atoms with Crippen LogP contribution in [-0.4, -0.2) is 29.6 Å². The third kappa shape index (κ3) is 5.05. The molecule has 0 saturated heterocycles. The van der Waals surface area contributed by atoms with Crippen LogP contribution in [0, 0.1) is 5.92 Å². The molecule has 1 rings (SSSR count). The van der Waals surface area contributed by atoms with E-state index in [0.717, 1.165) is 43.6 Å². The van der Waals surface area contributed by atoms with Gasteiger partial charge in [-0.15, -0.1) is 0 Å². The van der Waals surface area contributed by atoms with Gasteiger partial charge in [-0.1, -0.05) is 33.6 Å². The topological polar surface area (TPSA) is 41.1 Å². The van der Waals surface area contributed by atoms with E-state index < -0.39 is 0 Å². The van der Waals surface area contributed by atoms with Crippen molar-refractivity contribution in [3.63, 3.8) is 0 Å². The fourth-order valence-electron chi connectivity index (χ4n) is 2.09. The van der Waals surface area contributed by atoms with E-state index >= 15 is 0 Å². The Labute approximate surface area is 117 Å². The molecular weight excluding hydrogens is 236 g/mol. The van der Waals surface area contributed by atoms with Crippen LogP contribution in [0.2, 0.25) is 0 Å². The Bertz CT molecular complexity index is 350. The van der Waals surface area contributed by atoms with Gasteiger partial charge in [-0.05, 0) is 19.3 Å². The molecule has 0 spiro atoms. The molecule has 0 fully saturated rings. The Morgan fingerprint density at radius 3 is 2.47 bits per heavy atom. The maximum absolute atomic E-state index is 4.66. The van der Waals surface area contributed by atoms with Gasteiger partial charge < -0.3 is 10.2 Å². The van der Waals surface area contributed by atoms with Gasteiger partial charge in [0.2, 0.25) is 0 Å². The fraction of sp³-hybridized carbons (Fsp3) is 0.733. The Balaban J connectivity index is 2.74. The van der Waals surface area contributed by atoms with Crippen LogP contribution in [0.1, 0.15) is 47.0 Å². The van der Waals surface area contributed by atoms with Crippen LogP contribution in [0.15, 0.2) is 12.4 Å². The van der Waals surface area contributed by atoms with Crippen LogP contribution in [0.5, 0.6) is 0 Å². The molecule has 0 aliphatic carbocycles. The van der Waals surface area contributed by atoms with E-state index in [-0.39, 0.29) is 0 Å². The van der Waals surface area contributed by atoms with Gasteiger partial charge >= 0.3 is 0 Å². The van der Waals surface area contributed by atoms with Crippen molar-refractivity contribution in [3.8, 4) is 0 Å². The number of hydrogen-bond donors (Lipinski definition) is 1. The van der Waals surface area contributed by atoms with E-state index in [2.05, 4.69) is 47.9 Å². The lowest BCUT2D eigenvalue weighted by Crippen LogP contribution is -2.30. The highest BCUT2D eigenvalue weighted by Gasteiger charge is 2.12. The predicted octanol–water partition coefficient (Wildman–Crippen LogP) is 3.56. The average molecular weight is 264 g/mol. The van der Waals surface area contributed by atoms with Gasteiger partial charge in [-0.3, -0.25) is 4.98 Å². The summed E-state index contributed by atoms with van der Waals surface area (Å²) in [4.78, 5) is 11.3. The van der Waals surface area contributed by atoms with Gasteiger partial charge in [0.1, 0.15) is 11.6 Å². The molecule has 1 N–H and O–H groups in total. The summed E-state index contributed by atoms with van der Waals surface area (Å²) in [5.74, 6) is 2.59. The van der Waals surface area contributed by atoms with Crippen LogP contribution >= 0.6 is 0 Å². The second-order valence-electron chi connectivity index (χ2n) is 4.91. The minimum atomic E-state index is 0.731. The Morgan fingerprint density at radius 2 is 1.89 bits per heavy atom. The van der Waals surface area contributed by atoms with Crippen molar-refractivity contribution in [1.29, 1.82) is 0 Å². The lowest BCUT2D eigenvalue weighted by atomic mass is 10.0. The zero-order valence-electron chi connectivity index (χ0n) is 12.8. The smallest absolute Gasteiger partial charge is 0.149 e.